The number of benzene rings is 1. The third-order valence-electron chi connectivity index (χ3n) is 3.70. The molecule has 2 amide bonds. The largest absolute Gasteiger partial charge is 0.466 e. The zero-order chi connectivity index (χ0) is 13.6. The summed E-state index contributed by atoms with van der Waals surface area (Å²) in [5.74, 6) is 0.664. The number of urea groups is 1. The van der Waals surface area contributed by atoms with E-state index in [9.17, 15) is 4.79 Å². The van der Waals surface area contributed by atoms with Crippen molar-refractivity contribution in [2.24, 2.45) is 0 Å². The molecule has 0 radical (unpaired) electrons. The summed E-state index contributed by atoms with van der Waals surface area (Å²) in [6, 6.07) is 5.42. The second-order valence-corrected chi connectivity index (χ2v) is 5.45. The first-order chi connectivity index (χ1) is 9.05. The van der Waals surface area contributed by atoms with Crippen molar-refractivity contribution >= 4 is 17.6 Å². The maximum atomic E-state index is 12.2. The van der Waals surface area contributed by atoms with E-state index in [1.807, 2.05) is 19.1 Å². The third kappa shape index (κ3) is 1.78. The van der Waals surface area contributed by atoms with Crippen LogP contribution in [-0.4, -0.2) is 23.2 Å². The van der Waals surface area contributed by atoms with Crippen LogP contribution in [0, 0.1) is 0 Å². The molecular formula is C14H15ClN2O2. The molecule has 0 aromatic heterocycles. The summed E-state index contributed by atoms with van der Waals surface area (Å²) in [7, 11) is 0. The van der Waals surface area contributed by atoms with E-state index in [0.29, 0.717) is 23.7 Å². The van der Waals surface area contributed by atoms with Crippen molar-refractivity contribution in [2.75, 3.05) is 6.54 Å². The van der Waals surface area contributed by atoms with Crippen LogP contribution < -0.4 is 10.1 Å². The quantitative estimate of drug-likeness (QED) is 0.845. The van der Waals surface area contributed by atoms with Gasteiger partial charge in [-0.3, -0.25) is 4.90 Å². The molecular weight excluding hydrogens is 264 g/mol. The highest BCUT2D eigenvalue weighted by Crippen LogP contribution is 2.46. The number of hydrogen-bond donors (Lipinski definition) is 1. The van der Waals surface area contributed by atoms with E-state index in [0.717, 1.165) is 5.56 Å². The number of nitrogens with one attached hydrogen (secondary N) is 1. The van der Waals surface area contributed by atoms with Crippen LogP contribution >= 0.6 is 11.6 Å². The van der Waals surface area contributed by atoms with Crippen molar-refractivity contribution in [1.29, 1.82) is 0 Å². The molecule has 2 aliphatic heterocycles. The number of fused-ring (bicyclic) bond motifs is 4. The van der Waals surface area contributed by atoms with Crippen LogP contribution in [0.2, 0.25) is 5.02 Å². The van der Waals surface area contributed by atoms with Crippen LogP contribution in [0.3, 0.4) is 0 Å². The van der Waals surface area contributed by atoms with Gasteiger partial charge >= 0.3 is 6.03 Å². The standard InChI is InChI=1S/C14H15ClN2O2/c1-3-7-17-13(18)16-11-8-14(17,2)19-12-9(11)5-4-6-10(12)15/h3-6,11H,1,7-8H2,2H3,(H,16,18). The Balaban J connectivity index is 2.08. The van der Waals surface area contributed by atoms with Gasteiger partial charge in [-0.1, -0.05) is 29.8 Å². The second-order valence-electron chi connectivity index (χ2n) is 5.04. The minimum atomic E-state index is -0.681. The van der Waals surface area contributed by atoms with Crippen LogP contribution in [0.4, 0.5) is 4.79 Å². The molecule has 0 saturated carbocycles. The number of carbonyl (C=O) groups is 1. The van der Waals surface area contributed by atoms with Gasteiger partial charge in [0.05, 0.1) is 11.1 Å². The van der Waals surface area contributed by atoms with E-state index in [1.165, 1.54) is 0 Å². The molecule has 1 N–H and O–H groups in total. The minimum absolute atomic E-state index is 0.0546. The molecule has 3 rings (SSSR count). The van der Waals surface area contributed by atoms with E-state index in [2.05, 4.69) is 11.9 Å². The average molecular weight is 279 g/mol. The summed E-state index contributed by atoms with van der Waals surface area (Å²) in [6.45, 7) is 6.04. The zero-order valence-electron chi connectivity index (χ0n) is 10.6. The summed E-state index contributed by atoms with van der Waals surface area (Å²) < 4.78 is 6.04. The summed E-state index contributed by atoms with van der Waals surface area (Å²) >= 11 is 6.20. The fraction of sp³-hybridized carbons (Fsp3) is 0.357. The van der Waals surface area contributed by atoms with E-state index in [4.69, 9.17) is 16.3 Å². The first-order valence-electron chi connectivity index (χ1n) is 6.21. The highest BCUT2D eigenvalue weighted by atomic mass is 35.5. The Morgan fingerprint density at radius 1 is 1.68 bits per heavy atom. The zero-order valence-corrected chi connectivity index (χ0v) is 11.4. The van der Waals surface area contributed by atoms with Gasteiger partial charge in [-0.05, 0) is 13.0 Å². The maximum Gasteiger partial charge on any atom is 0.321 e. The number of hydrogen-bond acceptors (Lipinski definition) is 2. The molecule has 2 bridgehead atoms. The molecule has 2 unspecified atom stereocenters. The average Bonchev–Trinajstić information content (AvgIpc) is 2.36. The van der Waals surface area contributed by atoms with Crippen molar-refractivity contribution in [3.8, 4) is 5.75 Å². The Hall–Kier alpha value is -1.68. The van der Waals surface area contributed by atoms with Gasteiger partial charge in [0.1, 0.15) is 5.75 Å². The lowest BCUT2D eigenvalue weighted by Crippen LogP contribution is -2.64. The van der Waals surface area contributed by atoms with E-state index in [1.54, 1.807) is 17.0 Å². The summed E-state index contributed by atoms with van der Waals surface area (Å²) in [5.41, 5.74) is 0.260. The summed E-state index contributed by atoms with van der Waals surface area (Å²) in [5, 5.41) is 3.56. The van der Waals surface area contributed by atoms with E-state index in [-0.39, 0.29) is 12.1 Å². The predicted octanol–water partition coefficient (Wildman–Crippen LogP) is 3.09. The van der Waals surface area contributed by atoms with Gasteiger partial charge in [0.25, 0.3) is 0 Å². The molecule has 100 valence electrons. The van der Waals surface area contributed by atoms with Gasteiger partial charge in [0, 0.05) is 18.5 Å². The number of ether oxygens (including phenoxy) is 1. The minimum Gasteiger partial charge on any atom is -0.466 e. The lowest BCUT2D eigenvalue weighted by atomic mass is 9.90. The number of halogens is 1. The Labute approximate surface area is 117 Å². The molecule has 2 aliphatic rings. The molecule has 1 aromatic carbocycles. The SMILES string of the molecule is C=CCN1C(=O)NC2CC1(C)Oc1c(Cl)cccc12. The number of amides is 2. The van der Waals surface area contributed by atoms with Gasteiger partial charge in [-0.2, -0.15) is 0 Å². The molecule has 1 fully saturated rings. The first-order valence-corrected chi connectivity index (χ1v) is 6.59. The van der Waals surface area contributed by atoms with Crippen molar-refractivity contribution < 1.29 is 9.53 Å². The second kappa shape index (κ2) is 4.17. The molecule has 1 aromatic rings. The van der Waals surface area contributed by atoms with Crippen molar-refractivity contribution in [3.63, 3.8) is 0 Å². The number of carbonyl (C=O) groups excluding carboxylic acids is 1. The monoisotopic (exact) mass is 278 g/mol. The molecule has 5 heteroatoms. The normalized spacial score (nSPS) is 28.2. The Morgan fingerprint density at radius 2 is 2.47 bits per heavy atom. The highest BCUT2D eigenvalue weighted by molar-refractivity contribution is 6.32. The van der Waals surface area contributed by atoms with Gasteiger partial charge in [0.2, 0.25) is 0 Å². The topological polar surface area (TPSA) is 41.6 Å². The smallest absolute Gasteiger partial charge is 0.321 e. The van der Waals surface area contributed by atoms with Gasteiger partial charge in [-0.15, -0.1) is 6.58 Å². The van der Waals surface area contributed by atoms with E-state index < -0.39 is 5.72 Å². The van der Waals surface area contributed by atoms with Crippen molar-refractivity contribution in [1.82, 2.24) is 10.2 Å². The Bertz CT molecular complexity index is 560. The van der Waals surface area contributed by atoms with Crippen LogP contribution in [0.25, 0.3) is 0 Å². The molecule has 0 spiro atoms. The van der Waals surface area contributed by atoms with Crippen LogP contribution in [0.5, 0.6) is 5.75 Å². The van der Waals surface area contributed by atoms with Crippen LogP contribution in [-0.2, 0) is 0 Å². The lowest BCUT2D eigenvalue weighted by molar-refractivity contribution is -0.0787. The molecule has 1 saturated heterocycles. The van der Waals surface area contributed by atoms with Gasteiger partial charge in [0.15, 0.2) is 5.72 Å². The van der Waals surface area contributed by atoms with Crippen molar-refractivity contribution in [3.05, 3.63) is 41.4 Å². The lowest BCUT2D eigenvalue weighted by Gasteiger charge is -2.50. The number of rotatable bonds is 2. The van der Waals surface area contributed by atoms with Crippen molar-refractivity contribution in [2.45, 2.75) is 25.1 Å². The Morgan fingerprint density at radius 3 is 3.21 bits per heavy atom. The number of para-hydroxylation sites is 1. The number of nitrogens with zero attached hydrogens (tertiary/aromatic N) is 1. The first kappa shape index (κ1) is 12.4. The van der Waals surface area contributed by atoms with Crippen LogP contribution in [0.1, 0.15) is 24.9 Å². The summed E-state index contributed by atoms with van der Waals surface area (Å²) in [4.78, 5) is 13.8. The fourth-order valence-corrected chi connectivity index (χ4v) is 3.02. The van der Waals surface area contributed by atoms with Gasteiger partial charge in [-0.25, -0.2) is 4.79 Å². The molecule has 2 heterocycles. The maximum absolute atomic E-state index is 12.2. The van der Waals surface area contributed by atoms with E-state index >= 15 is 0 Å². The molecule has 0 aliphatic carbocycles. The predicted molar refractivity (Wildman–Crippen MR) is 73.3 cm³/mol. The molecule has 4 nitrogen and oxygen atoms in total. The van der Waals surface area contributed by atoms with Crippen LogP contribution in [0.15, 0.2) is 30.9 Å². The molecule has 19 heavy (non-hydrogen) atoms. The summed E-state index contributed by atoms with van der Waals surface area (Å²) in [6.07, 6.45) is 2.39. The third-order valence-corrected chi connectivity index (χ3v) is 4.00. The molecule has 2 atom stereocenters. The Kier molecular flexibility index (Phi) is 2.71. The van der Waals surface area contributed by atoms with Gasteiger partial charge < -0.3 is 10.1 Å². The fourth-order valence-electron chi connectivity index (χ4n) is 2.80. The highest BCUT2D eigenvalue weighted by Gasteiger charge is 2.49.